The van der Waals surface area contributed by atoms with E-state index in [0.29, 0.717) is 5.41 Å². The number of aromatic nitrogens is 3. The Morgan fingerprint density at radius 1 is 1.15 bits per heavy atom. The van der Waals surface area contributed by atoms with Crippen molar-refractivity contribution in [2.24, 2.45) is 16.3 Å². The van der Waals surface area contributed by atoms with Crippen molar-refractivity contribution in [1.82, 2.24) is 25.4 Å². The maximum atomic E-state index is 4.42. The molecule has 0 aromatic carbocycles. The number of guanidine groups is 1. The maximum absolute atomic E-state index is 4.42. The molecule has 1 fully saturated rings. The van der Waals surface area contributed by atoms with Crippen LogP contribution in [0.15, 0.2) is 4.99 Å². The van der Waals surface area contributed by atoms with E-state index in [-0.39, 0.29) is 0 Å². The standard InChI is InChI=1S/C20H36N6/c1-16(2)14-20(10-7-11-20)15-23-19(21-3)22-12-9-18-25-24-17-8-5-4-6-13-26(17)18/h16H,4-15H2,1-3H3,(H2,21,22,23). The van der Waals surface area contributed by atoms with Crippen LogP contribution in [0.4, 0.5) is 0 Å². The first kappa shape index (κ1) is 19.2. The van der Waals surface area contributed by atoms with E-state index in [4.69, 9.17) is 0 Å². The highest BCUT2D eigenvalue weighted by Crippen LogP contribution is 2.45. The van der Waals surface area contributed by atoms with E-state index < -0.39 is 0 Å². The topological polar surface area (TPSA) is 67.1 Å². The summed E-state index contributed by atoms with van der Waals surface area (Å²) in [5.74, 6) is 3.95. The Bertz CT molecular complexity index is 599. The number of fused-ring (bicyclic) bond motifs is 1. The second-order valence-corrected chi connectivity index (χ2v) is 8.55. The molecule has 0 radical (unpaired) electrons. The van der Waals surface area contributed by atoms with Gasteiger partial charge in [0.05, 0.1) is 0 Å². The van der Waals surface area contributed by atoms with Crippen molar-refractivity contribution in [2.45, 2.75) is 78.2 Å². The third kappa shape index (κ3) is 4.77. The third-order valence-electron chi connectivity index (χ3n) is 5.94. The molecule has 0 bridgehead atoms. The van der Waals surface area contributed by atoms with Gasteiger partial charge >= 0.3 is 0 Å². The van der Waals surface area contributed by atoms with Crippen molar-refractivity contribution in [3.8, 4) is 0 Å². The number of aliphatic imine (C=N–C) groups is 1. The van der Waals surface area contributed by atoms with E-state index in [0.717, 1.165) is 50.2 Å². The molecule has 1 aliphatic heterocycles. The van der Waals surface area contributed by atoms with E-state index in [2.05, 4.69) is 44.2 Å². The van der Waals surface area contributed by atoms with Crippen LogP contribution in [0.2, 0.25) is 0 Å². The Balaban J connectivity index is 1.45. The van der Waals surface area contributed by atoms with Crippen LogP contribution >= 0.6 is 0 Å². The van der Waals surface area contributed by atoms with E-state index in [1.165, 1.54) is 50.8 Å². The quantitative estimate of drug-likeness (QED) is 0.579. The van der Waals surface area contributed by atoms with Crippen molar-refractivity contribution in [1.29, 1.82) is 0 Å². The Morgan fingerprint density at radius 3 is 2.69 bits per heavy atom. The molecule has 6 heteroatoms. The molecule has 2 heterocycles. The van der Waals surface area contributed by atoms with Gasteiger partial charge in [-0.1, -0.05) is 26.7 Å². The Kier molecular flexibility index (Phi) is 6.54. The number of hydrogen-bond acceptors (Lipinski definition) is 3. The first-order chi connectivity index (χ1) is 12.6. The second-order valence-electron chi connectivity index (χ2n) is 8.55. The van der Waals surface area contributed by atoms with Gasteiger partial charge in [0, 0.05) is 39.5 Å². The maximum Gasteiger partial charge on any atom is 0.191 e. The fourth-order valence-electron chi connectivity index (χ4n) is 4.51. The molecule has 2 N–H and O–H groups in total. The summed E-state index contributed by atoms with van der Waals surface area (Å²) in [6.45, 7) is 7.60. The van der Waals surface area contributed by atoms with E-state index in [9.17, 15) is 0 Å². The highest BCUT2D eigenvalue weighted by atomic mass is 15.3. The SMILES string of the molecule is CN=C(NCCc1nnc2n1CCCCC2)NCC1(CC(C)C)CCC1. The zero-order valence-electron chi connectivity index (χ0n) is 16.9. The van der Waals surface area contributed by atoms with Gasteiger partial charge in [0.15, 0.2) is 5.96 Å². The number of nitrogens with zero attached hydrogens (tertiary/aromatic N) is 4. The van der Waals surface area contributed by atoms with Crippen LogP contribution < -0.4 is 10.6 Å². The fraction of sp³-hybridized carbons (Fsp3) is 0.850. The first-order valence-corrected chi connectivity index (χ1v) is 10.5. The molecule has 0 saturated heterocycles. The van der Waals surface area contributed by atoms with Gasteiger partial charge in [-0.05, 0) is 43.4 Å². The molecule has 1 aromatic heterocycles. The predicted molar refractivity (Wildman–Crippen MR) is 106 cm³/mol. The molecule has 0 spiro atoms. The smallest absolute Gasteiger partial charge is 0.191 e. The first-order valence-electron chi connectivity index (χ1n) is 10.5. The minimum Gasteiger partial charge on any atom is -0.356 e. The monoisotopic (exact) mass is 360 g/mol. The van der Waals surface area contributed by atoms with Crippen LogP contribution in [0, 0.1) is 11.3 Å². The van der Waals surface area contributed by atoms with Crippen LogP contribution in [0.1, 0.15) is 70.4 Å². The minimum atomic E-state index is 0.482. The van der Waals surface area contributed by atoms with Gasteiger partial charge in [-0.25, -0.2) is 0 Å². The Morgan fingerprint density at radius 2 is 2.00 bits per heavy atom. The molecule has 1 saturated carbocycles. The van der Waals surface area contributed by atoms with Gasteiger partial charge in [0.25, 0.3) is 0 Å². The van der Waals surface area contributed by atoms with Crippen LogP contribution in [-0.4, -0.2) is 40.9 Å². The van der Waals surface area contributed by atoms with Crippen LogP contribution in [-0.2, 0) is 19.4 Å². The van der Waals surface area contributed by atoms with Crippen molar-refractivity contribution < 1.29 is 0 Å². The van der Waals surface area contributed by atoms with Crippen molar-refractivity contribution in [2.75, 3.05) is 20.1 Å². The highest BCUT2D eigenvalue weighted by molar-refractivity contribution is 5.79. The Labute approximate surface area is 158 Å². The summed E-state index contributed by atoms with van der Waals surface area (Å²) in [7, 11) is 1.86. The lowest BCUT2D eigenvalue weighted by molar-refractivity contribution is 0.104. The summed E-state index contributed by atoms with van der Waals surface area (Å²) >= 11 is 0. The lowest BCUT2D eigenvalue weighted by atomic mass is 9.64. The van der Waals surface area contributed by atoms with Gasteiger partial charge in [-0.2, -0.15) is 0 Å². The summed E-state index contributed by atoms with van der Waals surface area (Å²) in [5.41, 5.74) is 0.482. The molecular formula is C20H36N6. The van der Waals surface area contributed by atoms with Gasteiger partial charge in [0.1, 0.15) is 11.6 Å². The average molecular weight is 361 g/mol. The van der Waals surface area contributed by atoms with Crippen molar-refractivity contribution in [3.05, 3.63) is 11.6 Å². The summed E-state index contributed by atoms with van der Waals surface area (Å²) in [6.07, 6.45) is 11.1. The van der Waals surface area contributed by atoms with Gasteiger partial charge in [0.2, 0.25) is 0 Å². The summed E-state index contributed by atoms with van der Waals surface area (Å²) in [5, 5.41) is 15.8. The number of hydrogen-bond donors (Lipinski definition) is 2. The molecular weight excluding hydrogens is 324 g/mol. The molecule has 1 aromatic rings. The molecule has 0 atom stereocenters. The van der Waals surface area contributed by atoms with Crippen LogP contribution in [0.25, 0.3) is 0 Å². The number of nitrogens with one attached hydrogen (secondary N) is 2. The molecule has 146 valence electrons. The molecule has 1 aliphatic carbocycles. The van der Waals surface area contributed by atoms with Gasteiger partial charge < -0.3 is 15.2 Å². The van der Waals surface area contributed by atoms with E-state index >= 15 is 0 Å². The largest absolute Gasteiger partial charge is 0.356 e. The second kappa shape index (κ2) is 8.87. The number of rotatable bonds is 7. The predicted octanol–water partition coefficient (Wildman–Crippen LogP) is 2.93. The molecule has 0 unspecified atom stereocenters. The van der Waals surface area contributed by atoms with Gasteiger partial charge in [-0.15, -0.1) is 10.2 Å². The molecule has 26 heavy (non-hydrogen) atoms. The minimum absolute atomic E-state index is 0.482. The summed E-state index contributed by atoms with van der Waals surface area (Å²) < 4.78 is 2.33. The van der Waals surface area contributed by atoms with Crippen molar-refractivity contribution in [3.63, 3.8) is 0 Å². The average Bonchev–Trinajstić information content (AvgIpc) is 2.81. The van der Waals surface area contributed by atoms with Gasteiger partial charge in [-0.3, -0.25) is 4.99 Å². The van der Waals surface area contributed by atoms with Crippen LogP contribution in [0.5, 0.6) is 0 Å². The summed E-state index contributed by atoms with van der Waals surface area (Å²) in [6, 6.07) is 0. The molecule has 3 rings (SSSR count). The molecule has 0 amide bonds. The zero-order chi connectivity index (χ0) is 18.4. The lowest BCUT2D eigenvalue weighted by Gasteiger charge is -2.43. The molecule has 2 aliphatic rings. The van der Waals surface area contributed by atoms with Crippen LogP contribution in [0.3, 0.4) is 0 Å². The third-order valence-corrected chi connectivity index (χ3v) is 5.94. The van der Waals surface area contributed by atoms with E-state index in [1.54, 1.807) is 0 Å². The highest BCUT2D eigenvalue weighted by Gasteiger charge is 2.37. The van der Waals surface area contributed by atoms with E-state index in [1.807, 2.05) is 7.05 Å². The normalized spacial score (nSPS) is 19.6. The number of aryl methyl sites for hydroxylation is 1. The molecule has 6 nitrogen and oxygen atoms in total. The zero-order valence-corrected chi connectivity index (χ0v) is 16.9. The Hall–Kier alpha value is -1.59. The summed E-state index contributed by atoms with van der Waals surface area (Å²) in [4.78, 5) is 4.40. The van der Waals surface area contributed by atoms with Crippen molar-refractivity contribution >= 4 is 5.96 Å². The fourth-order valence-corrected chi connectivity index (χ4v) is 4.51. The lowest BCUT2D eigenvalue weighted by Crippen LogP contribution is -2.47.